The van der Waals surface area contributed by atoms with Gasteiger partial charge in [0.05, 0.1) is 25.3 Å². The van der Waals surface area contributed by atoms with Crippen molar-refractivity contribution in [1.82, 2.24) is 4.31 Å². The molecule has 0 spiro atoms. The van der Waals surface area contributed by atoms with Crippen LogP contribution in [0.25, 0.3) is 6.08 Å². The minimum atomic E-state index is -3.79. The lowest BCUT2D eigenvalue weighted by Crippen LogP contribution is -2.40. The monoisotopic (exact) mass is 469 g/mol. The molecule has 0 N–H and O–H groups in total. The Labute approximate surface area is 185 Å². The van der Waals surface area contributed by atoms with Crippen molar-refractivity contribution in [3.05, 3.63) is 64.4 Å². The maximum Gasteiger partial charge on any atom is 0.331 e. The van der Waals surface area contributed by atoms with Gasteiger partial charge in [0.15, 0.2) is 0 Å². The molecule has 0 atom stereocenters. The zero-order chi connectivity index (χ0) is 22.4. The van der Waals surface area contributed by atoms with E-state index in [1.165, 1.54) is 47.8 Å². The van der Waals surface area contributed by atoms with E-state index in [-0.39, 0.29) is 35.4 Å². The fourth-order valence-electron chi connectivity index (χ4n) is 2.92. The molecule has 7 nitrogen and oxygen atoms in total. The molecule has 2 aromatic rings. The van der Waals surface area contributed by atoms with E-state index in [9.17, 15) is 17.6 Å². The molecule has 0 radical (unpaired) electrons. The van der Waals surface area contributed by atoms with Crippen molar-refractivity contribution in [3.8, 4) is 5.75 Å². The maximum atomic E-state index is 13.1. The number of rotatable bonds is 7. The molecule has 1 aliphatic heterocycles. The van der Waals surface area contributed by atoms with Crippen LogP contribution in [0.1, 0.15) is 11.1 Å². The zero-order valence-corrected chi connectivity index (χ0v) is 18.3. The van der Waals surface area contributed by atoms with E-state index in [1.807, 2.05) is 0 Å². The summed E-state index contributed by atoms with van der Waals surface area (Å²) in [5, 5.41) is 0.157. The summed E-state index contributed by atoms with van der Waals surface area (Å²) in [6.07, 6.45) is 2.61. The predicted molar refractivity (Wildman–Crippen MR) is 113 cm³/mol. The van der Waals surface area contributed by atoms with Crippen LogP contribution in [0.2, 0.25) is 5.02 Å². The van der Waals surface area contributed by atoms with Gasteiger partial charge in [-0.05, 0) is 35.9 Å². The molecule has 0 aromatic heterocycles. The highest BCUT2D eigenvalue weighted by atomic mass is 35.5. The van der Waals surface area contributed by atoms with Gasteiger partial charge in [-0.2, -0.15) is 4.31 Å². The number of benzene rings is 2. The third-order valence-electron chi connectivity index (χ3n) is 4.57. The van der Waals surface area contributed by atoms with E-state index in [0.717, 1.165) is 6.07 Å². The Kier molecular flexibility index (Phi) is 7.66. The Morgan fingerprint density at radius 1 is 1.23 bits per heavy atom. The first kappa shape index (κ1) is 23.2. The summed E-state index contributed by atoms with van der Waals surface area (Å²) in [4.78, 5) is 12.0. The number of morpholine rings is 1. The van der Waals surface area contributed by atoms with Gasteiger partial charge in [-0.3, -0.25) is 0 Å². The lowest BCUT2D eigenvalue weighted by Gasteiger charge is -2.26. The minimum absolute atomic E-state index is 0.00510. The fourth-order valence-corrected chi connectivity index (χ4v) is 4.74. The Balaban J connectivity index is 1.73. The van der Waals surface area contributed by atoms with Gasteiger partial charge >= 0.3 is 5.97 Å². The van der Waals surface area contributed by atoms with Gasteiger partial charge in [-0.15, -0.1) is 0 Å². The van der Waals surface area contributed by atoms with Crippen molar-refractivity contribution in [2.24, 2.45) is 0 Å². The summed E-state index contributed by atoms with van der Waals surface area (Å²) in [7, 11) is -2.40. The summed E-state index contributed by atoms with van der Waals surface area (Å²) in [5.41, 5.74) is 0.942. The van der Waals surface area contributed by atoms with E-state index in [2.05, 4.69) is 0 Å². The van der Waals surface area contributed by atoms with E-state index in [4.69, 9.17) is 25.8 Å². The lowest BCUT2D eigenvalue weighted by atomic mass is 10.2. The number of esters is 1. The van der Waals surface area contributed by atoms with Crippen molar-refractivity contribution < 1.29 is 31.8 Å². The van der Waals surface area contributed by atoms with E-state index in [0.29, 0.717) is 24.3 Å². The molecule has 2 aromatic carbocycles. The fraction of sp³-hybridized carbons (Fsp3) is 0.286. The molecular formula is C21H21ClFNO6S. The maximum absolute atomic E-state index is 13.1. The average molecular weight is 470 g/mol. The van der Waals surface area contributed by atoms with Gasteiger partial charge in [0.1, 0.15) is 23.1 Å². The molecular weight excluding hydrogens is 449 g/mol. The number of methoxy groups -OCH3 is 1. The van der Waals surface area contributed by atoms with Crippen LogP contribution in [-0.2, 0) is 30.9 Å². The summed E-state index contributed by atoms with van der Waals surface area (Å²) >= 11 is 5.91. The standard InChI is InChI=1S/C21H21ClFNO6S/c1-28-19-6-2-15(12-20(19)31(26,27)24-8-10-29-11-9-24)3-7-21(25)30-14-16-4-5-17(23)13-18(16)22/h2-7,12-13H,8-11,14H2,1H3/b7-3+. The van der Waals surface area contributed by atoms with Crippen LogP contribution < -0.4 is 4.74 Å². The average Bonchev–Trinajstić information content (AvgIpc) is 2.77. The number of carbonyl (C=O) groups is 1. The van der Waals surface area contributed by atoms with Crippen LogP contribution in [0.4, 0.5) is 4.39 Å². The second-order valence-corrected chi connectivity index (χ2v) is 8.92. The second-order valence-electron chi connectivity index (χ2n) is 6.60. The number of hydrogen-bond donors (Lipinski definition) is 0. The molecule has 166 valence electrons. The van der Waals surface area contributed by atoms with Crippen LogP contribution in [0.5, 0.6) is 5.75 Å². The first-order chi connectivity index (χ1) is 14.8. The smallest absolute Gasteiger partial charge is 0.331 e. The van der Waals surface area contributed by atoms with Gasteiger partial charge < -0.3 is 14.2 Å². The molecule has 1 saturated heterocycles. The molecule has 0 unspecified atom stereocenters. The first-order valence-electron chi connectivity index (χ1n) is 9.36. The summed E-state index contributed by atoms with van der Waals surface area (Å²) in [6, 6.07) is 8.37. The van der Waals surface area contributed by atoms with Crippen LogP contribution in [0.15, 0.2) is 47.4 Å². The highest BCUT2D eigenvalue weighted by Gasteiger charge is 2.29. The summed E-state index contributed by atoms with van der Waals surface area (Å²) in [5.74, 6) is -0.937. The van der Waals surface area contributed by atoms with Gasteiger partial charge in [0.25, 0.3) is 0 Å². The summed E-state index contributed by atoms with van der Waals surface area (Å²) in [6.45, 7) is 1.03. The Bertz CT molecular complexity index is 1080. The van der Waals surface area contributed by atoms with E-state index < -0.39 is 21.8 Å². The van der Waals surface area contributed by atoms with Gasteiger partial charge in [-0.1, -0.05) is 23.7 Å². The van der Waals surface area contributed by atoms with Crippen LogP contribution in [-0.4, -0.2) is 52.1 Å². The molecule has 0 bridgehead atoms. The SMILES string of the molecule is COc1ccc(/C=C/C(=O)OCc2ccc(F)cc2Cl)cc1S(=O)(=O)N1CCOCC1. The van der Waals surface area contributed by atoms with Crippen molar-refractivity contribution in [3.63, 3.8) is 0 Å². The zero-order valence-electron chi connectivity index (χ0n) is 16.7. The molecule has 3 rings (SSSR count). The number of carbonyl (C=O) groups excluding carboxylic acids is 1. The highest BCUT2D eigenvalue weighted by Crippen LogP contribution is 2.29. The van der Waals surface area contributed by atoms with Gasteiger partial charge in [0.2, 0.25) is 10.0 Å². The number of ether oxygens (including phenoxy) is 3. The van der Waals surface area contributed by atoms with Crippen molar-refractivity contribution in [2.75, 3.05) is 33.4 Å². The number of halogens is 2. The summed E-state index contributed by atoms with van der Waals surface area (Å²) < 4.78 is 56.0. The molecule has 1 heterocycles. The lowest BCUT2D eigenvalue weighted by molar-refractivity contribution is -0.138. The molecule has 1 fully saturated rings. The van der Waals surface area contributed by atoms with Crippen molar-refractivity contribution in [1.29, 1.82) is 0 Å². The van der Waals surface area contributed by atoms with Crippen LogP contribution >= 0.6 is 11.6 Å². The second kappa shape index (κ2) is 10.2. The van der Waals surface area contributed by atoms with Crippen LogP contribution in [0.3, 0.4) is 0 Å². The predicted octanol–water partition coefficient (Wildman–Crippen LogP) is 3.27. The number of hydrogen-bond acceptors (Lipinski definition) is 6. The van der Waals surface area contributed by atoms with Gasteiger partial charge in [-0.25, -0.2) is 17.6 Å². The molecule has 31 heavy (non-hydrogen) atoms. The third kappa shape index (κ3) is 5.82. The Hall–Kier alpha value is -2.46. The topological polar surface area (TPSA) is 82.1 Å². The molecule has 0 aliphatic carbocycles. The minimum Gasteiger partial charge on any atom is -0.495 e. The van der Waals surface area contributed by atoms with Gasteiger partial charge in [0, 0.05) is 24.7 Å². The van der Waals surface area contributed by atoms with Crippen molar-refractivity contribution in [2.45, 2.75) is 11.5 Å². The third-order valence-corrected chi connectivity index (χ3v) is 6.84. The normalized spacial score (nSPS) is 15.2. The number of nitrogens with zero attached hydrogens (tertiary/aromatic N) is 1. The molecule has 0 amide bonds. The quantitative estimate of drug-likeness (QED) is 0.457. The highest BCUT2D eigenvalue weighted by molar-refractivity contribution is 7.89. The molecule has 1 aliphatic rings. The number of sulfonamides is 1. The van der Waals surface area contributed by atoms with Crippen molar-refractivity contribution >= 4 is 33.7 Å². The van der Waals surface area contributed by atoms with E-state index in [1.54, 1.807) is 6.07 Å². The Morgan fingerprint density at radius 2 is 1.97 bits per heavy atom. The Morgan fingerprint density at radius 3 is 2.65 bits per heavy atom. The first-order valence-corrected chi connectivity index (χ1v) is 11.2. The largest absolute Gasteiger partial charge is 0.495 e. The molecule has 0 saturated carbocycles. The van der Waals surface area contributed by atoms with Crippen LogP contribution in [0, 0.1) is 5.82 Å². The van der Waals surface area contributed by atoms with E-state index >= 15 is 0 Å². The molecule has 10 heteroatoms.